The van der Waals surface area contributed by atoms with E-state index in [9.17, 15) is 9.59 Å². The Morgan fingerprint density at radius 1 is 1.00 bits per heavy atom. The molecule has 0 amide bonds. The summed E-state index contributed by atoms with van der Waals surface area (Å²) in [6, 6.07) is 0. The maximum absolute atomic E-state index is 11.5. The van der Waals surface area contributed by atoms with Gasteiger partial charge in [0, 0.05) is 11.8 Å². The smallest absolute Gasteiger partial charge is 0.176 e. The largest absolute Gasteiger partial charge is 0.293 e. The maximum atomic E-state index is 11.5. The first-order valence-electron chi connectivity index (χ1n) is 3.92. The van der Waals surface area contributed by atoms with Crippen molar-refractivity contribution in [2.45, 2.75) is 6.42 Å². The van der Waals surface area contributed by atoms with Crippen LogP contribution < -0.4 is 0 Å². The number of fused-ring (bicyclic) bond motifs is 2. The molecule has 4 heteroatoms. The van der Waals surface area contributed by atoms with Gasteiger partial charge in [-0.05, 0) is 38.3 Å². The summed E-state index contributed by atoms with van der Waals surface area (Å²) >= 11 is 6.34. The van der Waals surface area contributed by atoms with E-state index < -0.39 is 0 Å². The van der Waals surface area contributed by atoms with Gasteiger partial charge in [-0.25, -0.2) is 0 Å². The predicted molar refractivity (Wildman–Crippen MR) is 55.6 cm³/mol. The minimum atomic E-state index is -0.128. The number of hydrogen-bond acceptors (Lipinski definition) is 2. The molecule has 0 N–H and O–H groups in total. The molecule has 0 radical (unpaired) electrons. The lowest BCUT2D eigenvalue weighted by molar-refractivity contribution is -0.121. The van der Waals surface area contributed by atoms with E-state index in [2.05, 4.69) is 31.9 Å². The molecule has 68 valence electrons. The fourth-order valence-electron chi connectivity index (χ4n) is 1.65. The van der Waals surface area contributed by atoms with E-state index in [0.29, 0.717) is 15.4 Å². The molecule has 2 bridgehead atoms. The van der Waals surface area contributed by atoms with Crippen LogP contribution >= 0.6 is 31.9 Å². The Morgan fingerprint density at radius 3 is 1.77 bits per heavy atom. The van der Waals surface area contributed by atoms with E-state index in [1.54, 1.807) is 12.2 Å². The zero-order valence-electron chi connectivity index (χ0n) is 6.59. The number of hydrogen-bond donors (Lipinski definition) is 0. The third-order valence-electron chi connectivity index (χ3n) is 2.35. The van der Waals surface area contributed by atoms with Crippen LogP contribution in [0.5, 0.6) is 0 Å². The van der Waals surface area contributed by atoms with E-state index in [1.807, 2.05) is 0 Å². The third kappa shape index (κ3) is 1.46. The molecule has 13 heavy (non-hydrogen) atoms. The highest BCUT2D eigenvalue weighted by atomic mass is 79.9. The highest BCUT2D eigenvalue weighted by Gasteiger charge is 2.36. The van der Waals surface area contributed by atoms with E-state index in [1.165, 1.54) is 0 Å². The van der Waals surface area contributed by atoms with Gasteiger partial charge in [-0.15, -0.1) is 0 Å². The maximum Gasteiger partial charge on any atom is 0.176 e. The minimum Gasteiger partial charge on any atom is -0.293 e. The van der Waals surface area contributed by atoms with Crippen LogP contribution in [0, 0.1) is 11.8 Å². The normalized spacial score (nSPS) is 32.8. The summed E-state index contributed by atoms with van der Waals surface area (Å²) in [4.78, 5) is 23.0. The number of ketones is 2. The predicted octanol–water partition coefficient (Wildman–Crippen LogP) is 2.33. The van der Waals surface area contributed by atoms with E-state index in [0.717, 1.165) is 0 Å². The standard InChI is InChI=1S/C9H6Br2O2/c10-6-2-4-1-5(9(6)13)3-7(11)8(4)12/h2-5H,1H2/t4-,5-/m0/s1. The zero-order valence-corrected chi connectivity index (χ0v) is 9.76. The Balaban J connectivity index is 2.46. The van der Waals surface area contributed by atoms with Crippen LogP contribution in [0.15, 0.2) is 21.1 Å². The molecule has 2 rings (SSSR count). The van der Waals surface area contributed by atoms with E-state index in [-0.39, 0.29) is 23.4 Å². The Hall–Kier alpha value is -0.220. The quantitative estimate of drug-likeness (QED) is 0.688. The molecule has 2 nitrogen and oxygen atoms in total. The van der Waals surface area contributed by atoms with Crippen molar-refractivity contribution in [3.63, 3.8) is 0 Å². The zero-order chi connectivity index (χ0) is 9.59. The van der Waals surface area contributed by atoms with Gasteiger partial charge in [0.05, 0.1) is 8.96 Å². The fourth-order valence-corrected chi connectivity index (χ4v) is 2.87. The van der Waals surface area contributed by atoms with Crippen LogP contribution in [0.4, 0.5) is 0 Å². The van der Waals surface area contributed by atoms with Gasteiger partial charge < -0.3 is 0 Å². The van der Waals surface area contributed by atoms with Crippen LogP contribution in [0.3, 0.4) is 0 Å². The lowest BCUT2D eigenvalue weighted by Gasteiger charge is -2.26. The first kappa shape index (κ1) is 9.34. The monoisotopic (exact) mass is 304 g/mol. The summed E-state index contributed by atoms with van der Waals surface area (Å²) in [5, 5.41) is 0. The van der Waals surface area contributed by atoms with Crippen molar-refractivity contribution in [1.29, 1.82) is 0 Å². The van der Waals surface area contributed by atoms with Crippen LogP contribution in [0.25, 0.3) is 0 Å². The molecule has 0 heterocycles. The lowest BCUT2D eigenvalue weighted by atomic mass is 9.79. The molecule has 0 saturated carbocycles. The van der Waals surface area contributed by atoms with Crippen LogP contribution in [-0.2, 0) is 9.59 Å². The van der Waals surface area contributed by atoms with Gasteiger partial charge >= 0.3 is 0 Å². The molecule has 0 aromatic rings. The summed E-state index contributed by atoms with van der Waals surface area (Å²) in [7, 11) is 0. The second kappa shape index (κ2) is 3.17. The van der Waals surface area contributed by atoms with Gasteiger partial charge in [0.2, 0.25) is 0 Å². The number of allylic oxidation sites excluding steroid dienone is 4. The first-order valence-corrected chi connectivity index (χ1v) is 5.51. The summed E-state index contributed by atoms with van der Waals surface area (Å²) in [5.74, 6) is -0.116. The van der Waals surface area contributed by atoms with Crippen molar-refractivity contribution in [2.24, 2.45) is 11.8 Å². The summed E-state index contributed by atoms with van der Waals surface area (Å²) in [6.07, 6.45) is 4.03. The molecular weight excluding hydrogens is 300 g/mol. The van der Waals surface area contributed by atoms with Gasteiger partial charge in [0.1, 0.15) is 0 Å². The van der Waals surface area contributed by atoms with Crippen molar-refractivity contribution in [3.05, 3.63) is 21.1 Å². The molecule has 0 unspecified atom stereocenters. The molecule has 2 aliphatic carbocycles. The Labute approximate surface area is 92.3 Å². The van der Waals surface area contributed by atoms with Gasteiger partial charge in [-0.3, -0.25) is 9.59 Å². The Morgan fingerprint density at radius 2 is 1.38 bits per heavy atom. The van der Waals surface area contributed by atoms with Crippen molar-refractivity contribution >= 4 is 43.4 Å². The molecule has 0 aromatic carbocycles. The molecule has 0 fully saturated rings. The van der Waals surface area contributed by atoms with Crippen molar-refractivity contribution < 1.29 is 9.59 Å². The molecule has 0 aliphatic heterocycles. The highest BCUT2D eigenvalue weighted by Crippen LogP contribution is 2.37. The second-order valence-electron chi connectivity index (χ2n) is 3.21. The third-order valence-corrected chi connectivity index (χ3v) is 3.66. The average molecular weight is 306 g/mol. The van der Waals surface area contributed by atoms with Gasteiger partial charge in [-0.1, -0.05) is 12.2 Å². The van der Waals surface area contributed by atoms with Crippen molar-refractivity contribution in [1.82, 2.24) is 0 Å². The van der Waals surface area contributed by atoms with Crippen molar-refractivity contribution in [3.8, 4) is 0 Å². The number of halogens is 2. The topological polar surface area (TPSA) is 34.1 Å². The molecule has 0 saturated heterocycles. The van der Waals surface area contributed by atoms with Crippen molar-refractivity contribution in [2.75, 3.05) is 0 Å². The Bertz CT molecular complexity index is 321. The molecule has 2 aliphatic rings. The van der Waals surface area contributed by atoms with Gasteiger partial charge in [0.15, 0.2) is 11.6 Å². The second-order valence-corrected chi connectivity index (χ2v) is 4.92. The molecule has 2 atom stereocenters. The molecular formula is C9H6Br2O2. The lowest BCUT2D eigenvalue weighted by Crippen LogP contribution is -2.30. The average Bonchev–Trinajstić information content (AvgIpc) is 2.09. The summed E-state index contributed by atoms with van der Waals surface area (Å²) < 4.78 is 1.08. The van der Waals surface area contributed by atoms with Crippen LogP contribution in [0.1, 0.15) is 6.42 Å². The molecule has 0 aromatic heterocycles. The van der Waals surface area contributed by atoms with E-state index >= 15 is 0 Å². The Kier molecular flexibility index (Phi) is 2.28. The first-order chi connectivity index (χ1) is 6.09. The van der Waals surface area contributed by atoms with Gasteiger partial charge in [0.25, 0.3) is 0 Å². The van der Waals surface area contributed by atoms with E-state index in [4.69, 9.17) is 0 Å². The summed E-state index contributed by atoms with van der Waals surface area (Å²) in [5.41, 5.74) is 0. The van der Waals surface area contributed by atoms with Crippen LogP contribution in [-0.4, -0.2) is 11.6 Å². The number of rotatable bonds is 0. The van der Waals surface area contributed by atoms with Crippen LogP contribution in [0.2, 0.25) is 0 Å². The number of Topliss-reactive ketones (excluding diaryl/α,β-unsaturated/α-hetero) is 2. The fraction of sp³-hybridized carbons (Fsp3) is 0.333. The number of carbonyl (C=O) groups is 2. The highest BCUT2D eigenvalue weighted by molar-refractivity contribution is 9.12. The number of carbonyl (C=O) groups excluding carboxylic acids is 2. The SMILES string of the molecule is O=C1C(Br)=C[C@@H]2C[C@H]1C=C(Br)C2=O. The van der Waals surface area contributed by atoms with Gasteiger partial charge in [-0.2, -0.15) is 0 Å². The minimum absolute atomic E-state index is 0.0701. The summed E-state index contributed by atoms with van der Waals surface area (Å²) in [6.45, 7) is 0. The molecule has 0 spiro atoms.